The summed E-state index contributed by atoms with van der Waals surface area (Å²) in [6.45, 7) is 3.83. The van der Waals surface area contributed by atoms with E-state index in [0.29, 0.717) is 6.42 Å². The topological polar surface area (TPSA) is 83.0 Å². The number of rotatable bonds is 3. The molecular weight excluding hydrogens is 184 g/mol. The van der Waals surface area contributed by atoms with E-state index in [2.05, 4.69) is 9.97 Å². The van der Waals surface area contributed by atoms with Crippen LogP contribution in [0.5, 0.6) is 0 Å². The average molecular weight is 196 g/mol. The van der Waals surface area contributed by atoms with Crippen LogP contribution >= 0.6 is 0 Å². The number of carboxylic acid groups (broad SMARTS) is 1. The van der Waals surface area contributed by atoms with Crippen molar-refractivity contribution < 1.29 is 9.90 Å². The molecule has 0 aromatic carbocycles. The molecule has 1 aromatic rings. The van der Waals surface area contributed by atoms with E-state index in [9.17, 15) is 9.59 Å². The van der Waals surface area contributed by atoms with Gasteiger partial charge in [0.25, 0.3) is 5.56 Å². The number of nitrogens with zero attached hydrogens (tertiary/aromatic N) is 1. The Morgan fingerprint density at radius 1 is 1.64 bits per heavy atom. The summed E-state index contributed by atoms with van der Waals surface area (Å²) in [7, 11) is 0. The predicted octanol–water partition coefficient (Wildman–Crippen LogP) is 0.667. The standard InChI is InChI=1S/C9H12N2O3/c1-5(2)3-6-7(9(13)14)10-4-11-8(6)12/h4-5H,3H2,1-2H3,(H,13,14)(H,10,11,12). The quantitative estimate of drug-likeness (QED) is 0.744. The van der Waals surface area contributed by atoms with Gasteiger partial charge in [-0.15, -0.1) is 0 Å². The lowest BCUT2D eigenvalue weighted by Gasteiger charge is -2.05. The molecule has 0 unspecified atom stereocenters. The molecule has 0 saturated carbocycles. The molecule has 14 heavy (non-hydrogen) atoms. The monoisotopic (exact) mass is 196 g/mol. The Morgan fingerprint density at radius 3 is 2.79 bits per heavy atom. The number of aromatic carboxylic acids is 1. The first-order chi connectivity index (χ1) is 6.52. The maximum absolute atomic E-state index is 11.3. The fraction of sp³-hybridized carbons (Fsp3) is 0.444. The van der Waals surface area contributed by atoms with Gasteiger partial charge in [0.15, 0.2) is 5.69 Å². The third-order valence-corrected chi connectivity index (χ3v) is 1.76. The Balaban J connectivity index is 3.23. The van der Waals surface area contributed by atoms with Crippen molar-refractivity contribution in [3.63, 3.8) is 0 Å². The van der Waals surface area contributed by atoms with Crippen molar-refractivity contribution in [1.29, 1.82) is 0 Å². The van der Waals surface area contributed by atoms with Crippen molar-refractivity contribution in [3.8, 4) is 0 Å². The summed E-state index contributed by atoms with van der Waals surface area (Å²) in [5, 5.41) is 8.79. The molecule has 0 radical (unpaired) electrons. The normalized spacial score (nSPS) is 10.5. The van der Waals surface area contributed by atoms with Gasteiger partial charge in [-0.25, -0.2) is 9.78 Å². The Morgan fingerprint density at radius 2 is 2.29 bits per heavy atom. The first kappa shape index (κ1) is 10.4. The number of nitrogens with one attached hydrogen (secondary N) is 1. The number of aromatic nitrogens is 2. The zero-order valence-electron chi connectivity index (χ0n) is 8.07. The van der Waals surface area contributed by atoms with Gasteiger partial charge in [-0.05, 0) is 12.3 Å². The van der Waals surface area contributed by atoms with Gasteiger partial charge in [-0.1, -0.05) is 13.8 Å². The van der Waals surface area contributed by atoms with E-state index in [1.807, 2.05) is 13.8 Å². The first-order valence-corrected chi connectivity index (χ1v) is 4.32. The second-order valence-electron chi connectivity index (χ2n) is 3.46. The van der Waals surface area contributed by atoms with Gasteiger partial charge in [-0.2, -0.15) is 0 Å². The number of H-pyrrole nitrogens is 1. The molecule has 5 nitrogen and oxygen atoms in total. The third-order valence-electron chi connectivity index (χ3n) is 1.76. The fourth-order valence-corrected chi connectivity index (χ4v) is 1.21. The van der Waals surface area contributed by atoms with Crippen molar-refractivity contribution in [3.05, 3.63) is 27.9 Å². The van der Waals surface area contributed by atoms with Crippen molar-refractivity contribution in [2.45, 2.75) is 20.3 Å². The Bertz CT molecular complexity index is 395. The van der Waals surface area contributed by atoms with Crippen LogP contribution in [0.2, 0.25) is 0 Å². The molecule has 0 aliphatic carbocycles. The van der Waals surface area contributed by atoms with Crippen molar-refractivity contribution in [1.82, 2.24) is 9.97 Å². The zero-order chi connectivity index (χ0) is 10.7. The van der Waals surface area contributed by atoms with Gasteiger partial charge in [-0.3, -0.25) is 4.79 Å². The molecular formula is C9H12N2O3. The van der Waals surface area contributed by atoms with Crippen molar-refractivity contribution in [2.24, 2.45) is 5.92 Å². The lowest BCUT2D eigenvalue weighted by Crippen LogP contribution is -2.21. The molecule has 1 heterocycles. The number of hydrogen-bond acceptors (Lipinski definition) is 3. The van der Waals surface area contributed by atoms with Crippen LogP contribution in [0.4, 0.5) is 0 Å². The van der Waals surface area contributed by atoms with E-state index in [4.69, 9.17) is 5.11 Å². The molecule has 76 valence electrons. The lowest BCUT2D eigenvalue weighted by molar-refractivity contribution is 0.0688. The predicted molar refractivity (Wildman–Crippen MR) is 50.4 cm³/mol. The summed E-state index contributed by atoms with van der Waals surface area (Å²) >= 11 is 0. The zero-order valence-corrected chi connectivity index (χ0v) is 8.07. The number of aromatic amines is 1. The Labute approximate surface area is 80.8 Å². The highest BCUT2D eigenvalue weighted by Crippen LogP contribution is 2.06. The maximum atomic E-state index is 11.3. The number of carbonyl (C=O) groups is 1. The molecule has 0 spiro atoms. The minimum absolute atomic E-state index is 0.151. The molecule has 0 aliphatic rings. The molecule has 0 atom stereocenters. The van der Waals surface area contributed by atoms with Crippen LogP contribution < -0.4 is 5.56 Å². The third kappa shape index (κ3) is 2.18. The molecule has 1 rings (SSSR count). The summed E-state index contributed by atoms with van der Waals surface area (Å²) < 4.78 is 0. The van der Waals surface area contributed by atoms with E-state index >= 15 is 0 Å². The van der Waals surface area contributed by atoms with Gasteiger partial charge in [0, 0.05) is 0 Å². The highest BCUT2D eigenvalue weighted by molar-refractivity contribution is 5.86. The van der Waals surface area contributed by atoms with E-state index in [-0.39, 0.29) is 22.7 Å². The maximum Gasteiger partial charge on any atom is 0.355 e. The SMILES string of the molecule is CC(C)Cc1c(C(=O)O)nc[nH]c1=O. The summed E-state index contributed by atoms with van der Waals surface area (Å²) in [5.74, 6) is -0.940. The summed E-state index contributed by atoms with van der Waals surface area (Å²) in [5.41, 5.74) is -0.274. The molecule has 0 fully saturated rings. The lowest BCUT2D eigenvalue weighted by atomic mass is 10.0. The second-order valence-corrected chi connectivity index (χ2v) is 3.46. The Hall–Kier alpha value is -1.65. The highest BCUT2D eigenvalue weighted by atomic mass is 16.4. The van der Waals surface area contributed by atoms with Gasteiger partial charge in [0.2, 0.25) is 0 Å². The molecule has 2 N–H and O–H groups in total. The molecule has 5 heteroatoms. The second kappa shape index (κ2) is 4.04. The smallest absolute Gasteiger partial charge is 0.355 e. The van der Waals surface area contributed by atoms with Crippen LogP contribution in [-0.4, -0.2) is 21.0 Å². The van der Waals surface area contributed by atoms with E-state index in [1.54, 1.807) is 0 Å². The largest absolute Gasteiger partial charge is 0.476 e. The molecule has 0 amide bonds. The van der Waals surface area contributed by atoms with Crippen LogP contribution in [0, 0.1) is 5.92 Å². The first-order valence-electron chi connectivity index (χ1n) is 4.32. The summed E-state index contributed by atoms with van der Waals surface area (Å²) in [6, 6.07) is 0. The summed E-state index contributed by atoms with van der Waals surface area (Å²) in [6.07, 6.45) is 1.53. The van der Waals surface area contributed by atoms with Gasteiger partial charge < -0.3 is 10.1 Å². The molecule has 0 bridgehead atoms. The molecule has 1 aromatic heterocycles. The minimum Gasteiger partial charge on any atom is -0.476 e. The minimum atomic E-state index is -1.16. The number of hydrogen-bond donors (Lipinski definition) is 2. The van der Waals surface area contributed by atoms with E-state index < -0.39 is 5.97 Å². The van der Waals surface area contributed by atoms with E-state index in [0.717, 1.165) is 6.33 Å². The van der Waals surface area contributed by atoms with Gasteiger partial charge in [0.05, 0.1) is 11.9 Å². The van der Waals surface area contributed by atoms with Crippen LogP contribution in [0.25, 0.3) is 0 Å². The molecule has 0 aliphatic heterocycles. The summed E-state index contributed by atoms with van der Waals surface area (Å²) in [4.78, 5) is 28.1. The Kier molecular flexibility index (Phi) is 3.01. The fourth-order valence-electron chi connectivity index (χ4n) is 1.21. The van der Waals surface area contributed by atoms with Gasteiger partial charge in [0.1, 0.15) is 0 Å². The van der Waals surface area contributed by atoms with Gasteiger partial charge >= 0.3 is 5.97 Å². The van der Waals surface area contributed by atoms with Crippen LogP contribution in [0.1, 0.15) is 29.9 Å². The van der Waals surface area contributed by atoms with Crippen molar-refractivity contribution >= 4 is 5.97 Å². The molecule has 0 saturated heterocycles. The van der Waals surface area contributed by atoms with Crippen LogP contribution in [0.15, 0.2) is 11.1 Å². The number of carboxylic acids is 1. The van der Waals surface area contributed by atoms with Crippen LogP contribution in [0.3, 0.4) is 0 Å². The van der Waals surface area contributed by atoms with Crippen molar-refractivity contribution in [2.75, 3.05) is 0 Å². The van der Waals surface area contributed by atoms with E-state index in [1.165, 1.54) is 0 Å². The average Bonchev–Trinajstić information content (AvgIpc) is 2.07. The highest BCUT2D eigenvalue weighted by Gasteiger charge is 2.15. The van der Waals surface area contributed by atoms with Crippen LogP contribution in [-0.2, 0) is 6.42 Å².